The molecule has 0 aliphatic carbocycles. The average Bonchev–Trinajstić information content (AvgIpc) is 3.32. The molecule has 0 radical (unpaired) electrons. The normalized spacial score (nSPS) is 11.5. The summed E-state index contributed by atoms with van der Waals surface area (Å²) in [5, 5.41) is 7.56. The zero-order valence-electron chi connectivity index (χ0n) is 32.7. The lowest BCUT2D eigenvalue weighted by atomic mass is 9.81. The highest BCUT2D eigenvalue weighted by Crippen LogP contribution is 2.49. The van der Waals surface area contributed by atoms with Crippen LogP contribution in [0.25, 0.3) is 110 Å². The van der Waals surface area contributed by atoms with Crippen molar-refractivity contribution in [2.24, 2.45) is 0 Å². The average molecular weight is 750 g/mol. The lowest BCUT2D eigenvalue weighted by Gasteiger charge is -2.22. The standard InChI is InChI=1S/C58H39N/c1-38-33-34-59-37-56(38)55-36-54(47-27-21-44(22-28-47)41-15-9-4-10-16-41)50-30-29-48-52(45-23-17-42(18-24-45)39-11-5-2-6-12-39)35-53(49-31-32-51(55)58(50)57(48)49)46-25-19-43(20-26-46)40-13-7-3-8-14-40/h2-37H,1H3. The Bertz CT molecular complexity index is 3150. The van der Waals surface area contributed by atoms with Gasteiger partial charge in [-0.1, -0.05) is 188 Å². The molecule has 0 N–H and O–H groups in total. The van der Waals surface area contributed by atoms with Crippen LogP contribution < -0.4 is 0 Å². The fourth-order valence-corrected chi connectivity index (χ4v) is 9.10. The molecule has 0 spiro atoms. The van der Waals surface area contributed by atoms with E-state index >= 15 is 0 Å². The highest BCUT2D eigenvalue weighted by atomic mass is 14.6. The van der Waals surface area contributed by atoms with Crippen LogP contribution in [0.15, 0.2) is 219 Å². The van der Waals surface area contributed by atoms with Gasteiger partial charge in [-0.2, -0.15) is 0 Å². The second-order valence-electron chi connectivity index (χ2n) is 15.5. The first-order valence-electron chi connectivity index (χ1n) is 20.3. The molecule has 59 heavy (non-hydrogen) atoms. The number of pyridine rings is 1. The maximum Gasteiger partial charge on any atom is 0.0349 e. The Morgan fingerprint density at radius 3 is 0.932 bits per heavy atom. The van der Waals surface area contributed by atoms with Crippen LogP contribution in [-0.2, 0) is 0 Å². The van der Waals surface area contributed by atoms with E-state index in [2.05, 4.69) is 218 Å². The van der Waals surface area contributed by atoms with Crippen LogP contribution >= 0.6 is 0 Å². The SMILES string of the molecule is Cc1ccncc1-c1cc(-c2ccc(-c3ccccc3)cc2)c2ccc3c(-c4ccc(-c5ccccc5)cc4)cc(-c4ccc(-c5ccccc5)cc4)c4ccc1c2c34. The second kappa shape index (κ2) is 14.4. The number of aryl methyl sites for hydroxylation is 1. The third kappa shape index (κ3) is 6.07. The summed E-state index contributed by atoms with van der Waals surface area (Å²) in [7, 11) is 0. The van der Waals surface area contributed by atoms with E-state index in [0.29, 0.717) is 0 Å². The van der Waals surface area contributed by atoms with Crippen LogP contribution in [0.1, 0.15) is 5.56 Å². The summed E-state index contributed by atoms with van der Waals surface area (Å²) in [5.74, 6) is 0. The summed E-state index contributed by atoms with van der Waals surface area (Å²) in [5.41, 5.74) is 18.1. The number of benzene rings is 10. The fourth-order valence-electron chi connectivity index (χ4n) is 9.10. The molecule has 11 rings (SSSR count). The number of hydrogen-bond acceptors (Lipinski definition) is 1. The van der Waals surface area contributed by atoms with E-state index in [4.69, 9.17) is 0 Å². The molecular weight excluding hydrogens is 711 g/mol. The Balaban J connectivity index is 1.19. The zero-order valence-corrected chi connectivity index (χ0v) is 32.7. The van der Waals surface area contributed by atoms with Crippen LogP contribution in [0.4, 0.5) is 0 Å². The van der Waals surface area contributed by atoms with Crippen LogP contribution in [0.3, 0.4) is 0 Å². The number of nitrogens with zero attached hydrogens (tertiary/aromatic N) is 1. The van der Waals surface area contributed by atoms with Gasteiger partial charge in [0.1, 0.15) is 0 Å². The van der Waals surface area contributed by atoms with Crippen molar-refractivity contribution in [2.45, 2.75) is 6.92 Å². The predicted molar refractivity (Wildman–Crippen MR) is 251 cm³/mol. The number of aromatic nitrogens is 1. The Morgan fingerprint density at radius 1 is 0.271 bits per heavy atom. The van der Waals surface area contributed by atoms with Crippen LogP contribution in [-0.4, -0.2) is 4.98 Å². The van der Waals surface area contributed by atoms with Gasteiger partial charge in [-0.15, -0.1) is 0 Å². The molecule has 0 atom stereocenters. The third-order valence-electron chi connectivity index (χ3n) is 12.1. The summed E-state index contributed by atoms with van der Waals surface area (Å²) in [6.07, 6.45) is 3.92. The summed E-state index contributed by atoms with van der Waals surface area (Å²) < 4.78 is 0. The Morgan fingerprint density at radius 2 is 0.576 bits per heavy atom. The van der Waals surface area contributed by atoms with E-state index in [9.17, 15) is 0 Å². The molecule has 0 saturated heterocycles. The van der Waals surface area contributed by atoms with Crippen LogP contribution in [0, 0.1) is 6.92 Å². The molecule has 0 aliphatic rings. The highest BCUT2D eigenvalue weighted by Gasteiger charge is 2.22. The van der Waals surface area contributed by atoms with Gasteiger partial charge in [-0.25, -0.2) is 0 Å². The number of rotatable bonds is 7. The fraction of sp³-hybridized carbons (Fsp3) is 0.0172. The molecule has 1 nitrogen and oxygen atoms in total. The molecular formula is C58H39N. The first-order chi connectivity index (χ1) is 29.2. The smallest absolute Gasteiger partial charge is 0.0349 e. The molecule has 1 heterocycles. The van der Waals surface area contributed by atoms with Gasteiger partial charge in [-0.05, 0) is 135 Å². The second-order valence-corrected chi connectivity index (χ2v) is 15.5. The lowest BCUT2D eigenvalue weighted by molar-refractivity contribution is 1.29. The van der Waals surface area contributed by atoms with Crippen molar-refractivity contribution < 1.29 is 0 Å². The van der Waals surface area contributed by atoms with Crippen molar-refractivity contribution in [3.63, 3.8) is 0 Å². The van der Waals surface area contributed by atoms with Crippen molar-refractivity contribution in [3.8, 4) is 77.9 Å². The molecule has 1 aromatic heterocycles. The van der Waals surface area contributed by atoms with Gasteiger partial charge in [-0.3, -0.25) is 4.98 Å². The first kappa shape index (κ1) is 34.6. The van der Waals surface area contributed by atoms with Gasteiger partial charge in [0.25, 0.3) is 0 Å². The molecule has 0 fully saturated rings. The molecule has 0 amide bonds. The molecule has 0 aliphatic heterocycles. The third-order valence-corrected chi connectivity index (χ3v) is 12.1. The van der Waals surface area contributed by atoms with Gasteiger partial charge >= 0.3 is 0 Å². The Labute approximate surface area is 344 Å². The van der Waals surface area contributed by atoms with Crippen molar-refractivity contribution in [1.29, 1.82) is 0 Å². The van der Waals surface area contributed by atoms with E-state index in [1.54, 1.807) is 0 Å². The quantitative estimate of drug-likeness (QED) is 0.148. The first-order valence-corrected chi connectivity index (χ1v) is 20.3. The van der Waals surface area contributed by atoms with Crippen molar-refractivity contribution in [2.75, 3.05) is 0 Å². The highest BCUT2D eigenvalue weighted by molar-refractivity contribution is 6.32. The van der Waals surface area contributed by atoms with Crippen molar-refractivity contribution in [3.05, 3.63) is 224 Å². The Kier molecular flexibility index (Phi) is 8.45. The summed E-state index contributed by atoms with van der Waals surface area (Å²) in [6, 6.07) is 75.6. The van der Waals surface area contributed by atoms with Gasteiger partial charge in [0, 0.05) is 18.0 Å². The summed E-state index contributed by atoms with van der Waals surface area (Å²) in [6.45, 7) is 2.19. The van der Waals surface area contributed by atoms with Gasteiger partial charge in [0.15, 0.2) is 0 Å². The van der Waals surface area contributed by atoms with E-state index in [0.717, 1.165) is 5.56 Å². The summed E-state index contributed by atoms with van der Waals surface area (Å²) >= 11 is 0. The number of hydrogen-bond donors (Lipinski definition) is 0. The van der Waals surface area contributed by atoms with E-state index in [1.807, 2.05) is 12.4 Å². The molecule has 1 heteroatoms. The van der Waals surface area contributed by atoms with Gasteiger partial charge < -0.3 is 0 Å². The molecule has 0 unspecified atom stereocenters. The lowest BCUT2D eigenvalue weighted by Crippen LogP contribution is -1.95. The molecule has 10 aromatic carbocycles. The zero-order chi connectivity index (χ0) is 39.3. The minimum absolute atomic E-state index is 1.15. The van der Waals surface area contributed by atoms with Crippen LogP contribution in [0.5, 0.6) is 0 Å². The minimum atomic E-state index is 1.15. The van der Waals surface area contributed by atoms with Crippen molar-refractivity contribution >= 4 is 32.3 Å². The van der Waals surface area contributed by atoms with Crippen molar-refractivity contribution in [1.82, 2.24) is 4.98 Å². The topological polar surface area (TPSA) is 12.9 Å². The summed E-state index contributed by atoms with van der Waals surface area (Å²) in [4.78, 5) is 4.64. The largest absolute Gasteiger partial charge is 0.264 e. The maximum atomic E-state index is 4.64. The molecule has 0 bridgehead atoms. The van der Waals surface area contributed by atoms with Gasteiger partial charge in [0.05, 0.1) is 0 Å². The monoisotopic (exact) mass is 749 g/mol. The van der Waals surface area contributed by atoms with E-state index < -0.39 is 0 Å². The van der Waals surface area contributed by atoms with Crippen LogP contribution in [0.2, 0.25) is 0 Å². The van der Waals surface area contributed by atoms with E-state index in [1.165, 1.54) is 110 Å². The maximum absolute atomic E-state index is 4.64. The van der Waals surface area contributed by atoms with E-state index in [-0.39, 0.29) is 0 Å². The molecule has 0 saturated carbocycles. The molecule has 276 valence electrons. The molecule has 11 aromatic rings. The minimum Gasteiger partial charge on any atom is -0.264 e. The van der Waals surface area contributed by atoms with Gasteiger partial charge in [0.2, 0.25) is 0 Å². The Hall–Kier alpha value is -7.61. The predicted octanol–water partition coefficient (Wildman–Crippen LogP) is 16.0.